The molecule has 0 aliphatic carbocycles. The molecule has 0 fully saturated rings. The molecule has 5 heteroatoms. The lowest BCUT2D eigenvalue weighted by atomic mass is 10.2. The summed E-state index contributed by atoms with van der Waals surface area (Å²) in [6.07, 6.45) is 0. The second kappa shape index (κ2) is 5.49. The lowest BCUT2D eigenvalue weighted by molar-refractivity contribution is 0.0782. The molecule has 0 radical (unpaired) electrons. The van der Waals surface area contributed by atoms with Gasteiger partial charge in [-0.1, -0.05) is 18.5 Å². The molecule has 84 valence electrons. The van der Waals surface area contributed by atoms with Crippen LogP contribution in [0.25, 0.3) is 0 Å². The van der Waals surface area contributed by atoms with Crippen LogP contribution in [0.15, 0.2) is 12.1 Å². The number of rotatable bonds is 4. The van der Waals surface area contributed by atoms with Crippen LogP contribution < -0.4 is 5.73 Å². The molecule has 1 atom stereocenters. The number of hydrogen-bond acceptors (Lipinski definition) is 3. The smallest absolute Gasteiger partial charge is 0.263 e. The Morgan fingerprint density at radius 2 is 2.33 bits per heavy atom. The Bertz CT molecular complexity index is 340. The van der Waals surface area contributed by atoms with E-state index >= 15 is 0 Å². The normalized spacial score (nSPS) is 12.5. The Morgan fingerprint density at radius 1 is 1.67 bits per heavy atom. The Labute approximate surface area is 98.8 Å². The van der Waals surface area contributed by atoms with E-state index in [0.29, 0.717) is 28.2 Å². The number of amides is 1. The van der Waals surface area contributed by atoms with Crippen LogP contribution in [0.2, 0.25) is 4.34 Å². The number of thiophene rings is 1. The summed E-state index contributed by atoms with van der Waals surface area (Å²) < 4.78 is 0.638. The average Bonchev–Trinajstić information content (AvgIpc) is 2.63. The molecule has 0 saturated carbocycles. The van der Waals surface area contributed by atoms with Gasteiger partial charge in [0.1, 0.15) is 0 Å². The minimum absolute atomic E-state index is 0.00667. The minimum Gasteiger partial charge on any atom is -0.341 e. The number of halogens is 1. The van der Waals surface area contributed by atoms with E-state index in [1.54, 1.807) is 24.1 Å². The van der Waals surface area contributed by atoms with Crippen molar-refractivity contribution in [1.82, 2.24) is 4.90 Å². The van der Waals surface area contributed by atoms with Crippen LogP contribution in [-0.4, -0.2) is 30.9 Å². The Hall–Kier alpha value is -0.580. The van der Waals surface area contributed by atoms with Crippen molar-refractivity contribution in [2.45, 2.75) is 6.92 Å². The summed E-state index contributed by atoms with van der Waals surface area (Å²) in [5.74, 6) is 0.321. The zero-order valence-electron chi connectivity index (χ0n) is 8.87. The number of nitrogens with two attached hydrogens (primary N) is 1. The van der Waals surface area contributed by atoms with Gasteiger partial charge in [0.15, 0.2) is 0 Å². The average molecular weight is 247 g/mol. The van der Waals surface area contributed by atoms with Gasteiger partial charge in [-0.3, -0.25) is 4.79 Å². The number of carbonyl (C=O) groups is 1. The summed E-state index contributed by atoms with van der Waals surface area (Å²) in [6.45, 7) is 3.28. The van der Waals surface area contributed by atoms with Crippen molar-refractivity contribution in [2.75, 3.05) is 20.1 Å². The van der Waals surface area contributed by atoms with Gasteiger partial charge in [-0.25, -0.2) is 0 Å². The molecule has 0 aliphatic heterocycles. The van der Waals surface area contributed by atoms with Crippen molar-refractivity contribution in [1.29, 1.82) is 0 Å². The summed E-state index contributed by atoms with van der Waals surface area (Å²) in [5, 5.41) is 0. The summed E-state index contributed by atoms with van der Waals surface area (Å²) in [6, 6.07) is 3.48. The topological polar surface area (TPSA) is 46.3 Å². The second-order valence-corrected chi connectivity index (χ2v) is 5.35. The van der Waals surface area contributed by atoms with Gasteiger partial charge in [0.2, 0.25) is 0 Å². The standard InChI is InChI=1S/C10H15ClN2OS/c1-7(5-12)6-13(2)10(14)8-3-4-9(11)15-8/h3-4,7H,5-6,12H2,1-2H3. The zero-order valence-corrected chi connectivity index (χ0v) is 10.4. The molecule has 3 nitrogen and oxygen atoms in total. The van der Waals surface area contributed by atoms with Crippen LogP contribution in [-0.2, 0) is 0 Å². The molecule has 2 N–H and O–H groups in total. The van der Waals surface area contributed by atoms with Gasteiger partial charge >= 0.3 is 0 Å². The Morgan fingerprint density at radius 3 is 2.80 bits per heavy atom. The van der Waals surface area contributed by atoms with E-state index in [9.17, 15) is 4.79 Å². The first kappa shape index (κ1) is 12.5. The van der Waals surface area contributed by atoms with Crippen LogP contribution >= 0.6 is 22.9 Å². The number of nitrogens with zero attached hydrogens (tertiary/aromatic N) is 1. The molecule has 1 heterocycles. The molecule has 1 unspecified atom stereocenters. The van der Waals surface area contributed by atoms with Crippen LogP contribution in [0.1, 0.15) is 16.6 Å². The second-order valence-electron chi connectivity index (χ2n) is 3.63. The number of carbonyl (C=O) groups excluding carboxylic acids is 1. The first-order valence-electron chi connectivity index (χ1n) is 4.75. The minimum atomic E-state index is 0.00667. The van der Waals surface area contributed by atoms with E-state index in [-0.39, 0.29) is 5.91 Å². The molecule has 0 aromatic carbocycles. The van der Waals surface area contributed by atoms with Gasteiger partial charge in [-0.15, -0.1) is 11.3 Å². The first-order valence-corrected chi connectivity index (χ1v) is 5.95. The third-order valence-electron chi connectivity index (χ3n) is 2.12. The summed E-state index contributed by atoms with van der Waals surface area (Å²) in [5.41, 5.74) is 5.51. The SMILES string of the molecule is CC(CN)CN(C)C(=O)c1ccc(Cl)s1. The predicted octanol–water partition coefficient (Wildman–Crippen LogP) is 2.07. The summed E-state index contributed by atoms with van der Waals surface area (Å²) in [7, 11) is 1.78. The first-order chi connectivity index (χ1) is 7.04. The van der Waals surface area contributed by atoms with E-state index in [0.717, 1.165) is 0 Å². The van der Waals surface area contributed by atoms with Gasteiger partial charge in [-0.2, -0.15) is 0 Å². The highest BCUT2D eigenvalue weighted by Crippen LogP contribution is 2.22. The Balaban J connectivity index is 2.60. The van der Waals surface area contributed by atoms with E-state index < -0.39 is 0 Å². The van der Waals surface area contributed by atoms with Crippen molar-refractivity contribution in [3.05, 3.63) is 21.3 Å². The molecular weight excluding hydrogens is 232 g/mol. The van der Waals surface area contributed by atoms with Crippen LogP contribution in [0.3, 0.4) is 0 Å². The molecule has 1 rings (SSSR count). The summed E-state index contributed by atoms with van der Waals surface area (Å²) >= 11 is 7.07. The van der Waals surface area contributed by atoms with Gasteiger partial charge in [0, 0.05) is 13.6 Å². The van der Waals surface area contributed by atoms with E-state index in [2.05, 4.69) is 0 Å². The molecule has 0 saturated heterocycles. The molecule has 1 aromatic rings. The summed E-state index contributed by atoms with van der Waals surface area (Å²) in [4.78, 5) is 14.2. The van der Waals surface area contributed by atoms with Crippen molar-refractivity contribution >= 4 is 28.8 Å². The fraction of sp³-hybridized carbons (Fsp3) is 0.500. The van der Waals surface area contributed by atoms with Gasteiger partial charge < -0.3 is 10.6 Å². The highest BCUT2D eigenvalue weighted by atomic mass is 35.5. The van der Waals surface area contributed by atoms with E-state index in [4.69, 9.17) is 17.3 Å². The van der Waals surface area contributed by atoms with E-state index in [1.807, 2.05) is 6.92 Å². The lowest BCUT2D eigenvalue weighted by Gasteiger charge is -2.19. The van der Waals surface area contributed by atoms with Gasteiger partial charge in [0.25, 0.3) is 5.91 Å². The fourth-order valence-electron chi connectivity index (χ4n) is 1.24. The van der Waals surface area contributed by atoms with Crippen molar-refractivity contribution in [2.24, 2.45) is 11.7 Å². The zero-order chi connectivity index (χ0) is 11.4. The molecule has 1 aromatic heterocycles. The van der Waals surface area contributed by atoms with Crippen LogP contribution in [0.4, 0.5) is 0 Å². The third kappa shape index (κ3) is 3.48. The molecular formula is C10H15ClN2OS. The largest absolute Gasteiger partial charge is 0.341 e. The highest BCUT2D eigenvalue weighted by Gasteiger charge is 2.15. The number of hydrogen-bond donors (Lipinski definition) is 1. The molecule has 1 amide bonds. The lowest BCUT2D eigenvalue weighted by Crippen LogP contribution is -2.33. The maximum atomic E-state index is 11.8. The molecule has 0 bridgehead atoms. The van der Waals surface area contributed by atoms with Crippen LogP contribution in [0.5, 0.6) is 0 Å². The van der Waals surface area contributed by atoms with Crippen molar-refractivity contribution in [3.63, 3.8) is 0 Å². The molecule has 0 spiro atoms. The van der Waals surface area contributed by atoms with Crippen LogP contribution in [0, 0.1) is 5.92 Å². The van der Waals surface area contributed by atoms with Gasteiger partial charge in [0.05, 0.1) is 9.21 Å². The highest BCUT2D eigenvalue weighted by molar-refractivity contribution is 7.17. The maximum Gasteiger partial charge on any atom is 0.263 e. The third-order valence-corrected chi connectivity index (χ3v) is 3.34. The molecule has 0 aliphatic rings. The fourth-order valence-corrected chi connectivity index (χ4v) is 2.28. The Kier molecular flexibility index (Phi) is 4.57. The van der Waals surface area contributed by atoms with Crippen molar-refractivity contribution < 1.29 is 4.79 Å². The van der Waals surface area contributed by atoms with Crippen molar-refractivity contribution in [3.8, 4) is 0 Å². The molecule has 15 heavy (non-hydrogen) atoms. The predicted molar refractivity (Wildman–Crippen MR) is 64.5 cm³/mol. The quantitative estimate of drug-likeness (QED) is 0.884. The maximum absolute atomic E-state index is 11.8. The van der Waals surface area contributed by atoms with E-state index in [1.165, 1.54) is 11.3 Å². The van der Waals surface area contributed by atoms with Gasteiger partial charge in [-0.05, 0) is 24.6 Å². The monoisotopic (exact) mass is 246 g/mol.